The number of hydrogen-bond donors (Lipinski definition) is 2. The van der Waals surface area contributed by atoms with E-state index in [1.54, 1.807) is 0 Å². The van der Waals surface area contributed by atoms with Crippen molar-refractivity contribution in [3.8, 4) is 11.1 Å². The SMILES string of the molecule is C/C(=C\c1ccc(-c2ccc3c(c2)CCN3)cc1)C(=O)NC(C)C. The first-order valence-corrected chi connectivity index (χ1v) is 8.49. The molecular formula is C21H24N2O. The van der Waals surface area contributed by atoms with Crippen LogP contribution in [0.5, 0.6) is 0 Å². The van der Waals surface area contributed by atoms with Gasteiger partial charge in [-0.25, -0.2) is 0 Å². The summed E-state index contributed by atoms with van der Waals surface area (Å²) in [5.41, 5.74) is 6.84. The molecule has 0 aromatic heterocycles. The molecule has 1 heterocycles. The van der Waals surface area contributed by atoms with Crippen molar-refractivity contribution in [1.29, 1.82) is 0 Å². The normalized spacial score (nSPS) is 13.6. The molecule has 0 bridgehead atoms. The van der Waals surface area contributed by atoms with Gasteiger partial charge in [-0.1, -0.05) is 30.3 Å². The zero-order valence-electron chi connectivity index (χ0n) is 14.5. The number of fused-ring (bicyclic) bond motifs is 1. The fourth-order valence-corrected chi connectivity index (χ4v) is 2.95. The van der Waals surface area contributed by atoms with Crippen LogP contribution < -0.4 is 10.6 Å². The van der Waals surface area contributed by atoms with Crippen LogP contribution in [0.1, 0.15) is 31.9 Å². The highest BCUT2D eigenvalue weighted by molar-refractivity contribution is 5.97. The first-order chi connectivity index (χ1) is 11.5. The van der Waals surface area contributed by atoms with Gasteiger partial charge in [0.15, 0.2) is 0 Å². The minimum absolute atomic E-state index is 0.0137. The Labute approximate surface area is 143 Å². The van der Waals surface area contributed by atoms with Crippen molar-refractivity contribution < 1.29 is 4.79 Å². The second-order valence-corrected chi connectivity index (χ2v) is 6.63. The minimum Gasteiger partial charge on any atom is -0.384 e. The molecule has 24 heavy (non-hydrogen) atoms. The topological polar surface area (TPSA) is 41.1 Å². The molecule has 2 N–H and O–H groups in total. The third kappa shape index (κ3) is 3.67. The lowest BCUT2D eigenvalue weighted by Gasteiger charge is -2.09. The fraction of sp³-hybridized carbons (Fsp3) is 0.286. The monoisotopic (exact) mass is 320 g/mol. The molecule has 3 heteroatoms. The summed E-state index contributed by atoms with van der Waals surface area (Å²) in [5, 5.41) is 6.30. The molecule has 0 spiro atoms. The summed E-state index contributed by atoms with van der Waals surface area (Å²) in [6, 6.07) is 15.1. The van der Waals surface area contributed by atoms with Crippen LogP contribution in [-0.2, 0) is 11.2 Å². The Hall–Kier alpha value is -2.55. The number of anilines is 1. The van der Waals surface area contributed by atoms with Gasteiger partial charge < -0.3 is 10.6 Å². The van der Waals surface area contributed by atoms with Crippen LogP contribution in [0.4, 0.5) is 5.69 Å². The number of nitrogens with one attached hydrogen (secondary N) is 2. The van der Waals surface area contributed by atoms with E-state index in [0.29, 0.717) is 0 Å². The van der Waals surface area contributed by atoms with Crippen LogP contribution in [0, 0.1) is 0 Å². The summed E-state index contributed by atoms with van der Waals surface area (Å²) in [6.07, 6.45) is 3.02. The van der Waals surface area contributed by atoms with Crippen molar-refractivity contribution >= 4 is 17.7 Å². The van der Waals surface area contributed by atoms with Crippen LogP contribution in [0.2, 0.25) is 0 Å². The Morgan fingerprint density at radius 2 is 1.83 bits per heavy atom. The average molecular weight is 320 g/mol. The summed E-state index contributed by atoms with van der Waals surface area (Å²) < 4.78 is 0. The van der Waals surface area contributed by atoms with Crippen molar-refractivity contribution in [2.24, 2.45) is 0 Å². The van der Waals surface area contributed by atoms with E-state index in [0.717, 1.165) is 24.1 Å². The Morgan fingerprint density at radius 3 is 2.54 bits per heavy atom. The molecule has 0 unspecified atom stereocenters. The minimum atomic E-state index is -0.0137. The highest BCUT2D eigenvalue weighted by Gasteiger charge is 2.10. The number of rotatable bonds is 4. The summed E-state index contributed by atoms with van der Waals surface area (Å²) >= 11 is 0. The van der Waals surface area contributed by atoms with Crippen molar-refractivity contribution in [3.05, 3.63) is 59.2 Å². The molecule has 0 radical (unpaired) electrons. The number of benzene rings is 2. The number of carbonyl (C=O) groups excluding carboxylic acids is 1. The molecule has 0 fully saturated rings. The Kier molecular flexibility index (Phi) is 4.70. The number of carbonyl (C=O) groups is 1. The number of amides is 1. The first kappa shape index (κ1) is 16.3. The Balaban J connectivity index is 1.77. The van der Waals surface area contributed by atoms with Crippen molar-refractivity contribution in [2.45, 2.75) is 33.2 Å². The lowest BCUT2D eigenvalue weighted by atomic mass is 10.00. The molecule has 1 amide bonds. The molecule has 0 aliphatic carbocycles. The summed E-state index contributed by atoms with van der Waals surface area (Å²) in [6.45, 7) is 6.80. The maximum absolute atomic E-state index is 12.0. The standard InChI is InChI=1S/C21H24N2O/c1-14(2)23-21(24)15(3)12-16-4-6-17(7-5-16)18-8-9-20-19(13-18)10-11-22-20/h4-9,12-14,22H,10-11H2,1-3H3,(H,23,24)/b15-12+. The van der Waals surface area contributed by atoms with Gasteiger partial charge in [0.1, 0.15) is 0 Å². The molecule has 0 atom stereocenters. The van der Waals surface area contributed by atoms with Crippen molar-refractivity contribution in [1.82, 2.24) is 5.32 Å². The molecule has 1 aliphatic rings. The van der Waals surface area contributed by atoms with Gasteiger partial charge in [-0.3, -0.25) is 4.79 Å². The van der Waals surface area contributed by atoms with Crippen LogP contribution in [-0.4, -0.2) is 18.5 Å². The van der Waals surface area contributed by atoms with E-state index in [9.17, 15) is 4.79 Å². The Bertz CT molecular complexity index is 773. The summed E-state index contributed by atoms with van der Waals surface area (Å²) in [7, 11) is 0. The van der Waals surface area contributed by atoms with Gasteiger partial charge in [-0.05, 0) is 67.7 Å². The molecule has 2 aromatic rings. The predicted octanol–water partition coefficient (Wildman–Crippen LogP) is 4.25. The molecular weight excluding hydrogens is 296 g/mol. The smallest absolute Gasteiger partial charge is 0.247 e. The van der Waals surface area contributed by atoms with E-state index < -0.39 is 0 Å². The summed E-state index contributed by atoms with van der Waals surface area (Å²) in [4.78, 5) is 12.0. The third-order valence-electron chi connectivity index (χ3n) is 4.22. The zero-order valence-corrected chi connectivity index (χ0v) is 14.5. The van der Waals surface area contributed by atoms with Gasteiger partial charge in [-0.15, -0.1) is 0 Å². The highest BCUT2D eigenvalue weighted by Crippen LogP contribution is 2.28. The van der Waals surface area contributed by atoms with E-state index in [1.807, 2.05) is 26.8 Å². The lowest BCUT2D eigenvalue weighted by Crippen LogP contribution is -2.30. The third-order valence-corrected chi connectivity index (χ3v) is 4.22. The van der Waals surface area contributed by atoms with Gasteiger partial charge in [0.2, 0.25) is 5.91 Å². The quantitative estimate of drug-likeness (QED) is 0.827. The Morgan fingerprint density at radius 1 is 1.12 bits per heavy atom. The van der Waals surface area contributed by atoms with E-state index in [4.69, 9.17) is 0 Å². The van der Waals surface area contributed by atoms with Gasteiger partial charge in [0.25, 0.3) is 0 Å². The lowest BCUT2D eigenvalue weighted by molar-refractivity contribution is -0.117. The van der Waals surface area contributed by atoms with Gasteiger partial charge in [0, 0.05) is 23.8 Å². The van der Waals surface area contributed by atoms with E-state index >= 15 is 0 Å². The van der Waals surface area contributed by atoms with Gasteiger partial charge in [-0.2, -0.15) is 0 Å². The highest BCUT2D eigenvalue weighted by atomic mass is 16.1. The van der Waals surface area contributed by atoms with Crippen LogP contribution >= 0.6 is 0 Å². The average Bonchev–Trinajstić information content (AvgIpc) is 3.02. The van der Waals surface area contributed by atoms with Crippen LogP contribution in [0.3, 0.4) is 0 Å². The molecule has 2 aromatic carbocycles. The fourth-order valence-electron chi connectivity index (χ4n) is 2.95. The van der Waals surface area contributed by atoms with E-state index in [1.165, 1.54) is 22.4 Å². The maximum Gasteiger partial charge on any atom is 0.247 e. The second kappa shape index (κ2) is 6.91. The first-order valence-electron chi connectivity index (χ1n) is 8.49. The molecule has 0 saturated carbocycles. The molecule has 1 aliphatic heterocycles. The molecule has 3 nitrogen and oxygen atoms in total. The van der Waals surface area contributed by atoms with Crippen molar-refractivity contribution in [3.63, 3.8) is 0 Å². The zero-order chi connectivity index (χ0) is 17.1. The molecule has 3 rings (SSSR count). The predicted molar refractivity (Wildman–Crippen MR) is 101 cm³/mol. The number of hydrogen-bond acceptors (Lipinski definition) is 2. The molecule has 0 saturated heterocycles. The van der Waals surface area contributed by atoms with Gasteiger partial charge in [0.05, 0.1) is 0 Å². The summed E-state index contributed by atoms with van der Waals surface area (Å²) in [5.74, 6) is -0.0137. The largest absolute Gasteiger partial charge is 0.384 e. The van der Waals surface area contributed by atoms with Crippen LogP contribution in [0.25, 0.3) is 17.2 Å². The van der Waals surface area contributed by atoms with E-state index in [-0.39, 0.29) is 11.9 Å². The molecule has 124 valence electrons. The van der Waals surface area contributed by atoms with E-state index in [2.05, 4.69) is 53.1 Å². The van der Waals surface area contributed by atoms with Crippen molar-refractivity contribution in [2.75, 3.05) is 11.9 Å². The second-order valence-electron chi connectivity index (χ2n) is 6.63. The van der Waals surface area contributed by atoms with Gasteiger partial charge >= 0.3 is 0 Å². The maximum atomic E-state index is 12.0. The van der Waals surface area contributed by atoms with Crippen LogP contribution in [0.15, 0.2) is 48.0 Å².